The third kappa shape index (κ3) is 4.59. The van der Waals surface area contributed by atoms with E-state index in [1.807, 2.05) is 30.9 Å². The lowest BCUT2D eigenvalue weighted by atomic mass is 9.85. The van der Waals surface area contributed by atoms with E-state index < -0.39 is 0 Å². The van der Waals surface area contributed by atoms with Gasteiger partial charge in [0, 0.05) is 25.2 Å². The topological polar surface area (TPSA) is 51.7 Å². The molecule has 0 N–H and O–H groups in total. The SMILES string of the molecule is COC(=O)C1CCC(N(C)c2cc(-c3cncs3)ccc2OC)C1c1ccc(F)cc1.Cl. The number of hydrogen-bond acceptors (Lipinski definition) is 6. The van der Waals surface area contributed by atoms with Crippen molar-refractivity contribution in [2.75, 3.05) is 26.2 Å². The molecule has 0 spiro atoms. The summed E-state index contributed by atoms with van der Waals surface area (Å²) in [6.07, 6.45) is 3.37. The fourth-order valence-corrected chi connectivity index (χ4v) is 5.24. The first-order valence-corrected chi connectivity index (χ1v) is 11.0. The highest BCUT2D eigenvalue weighted by Crippen LogP contribution is 2.46. The number of benzene rings is 2. The molecule has 0 amide bonds. The van der Waals surface area contributed by atoms with E-state index in [1.165, 1.54) is 19.2 Å². The molecular formula is C24H26ClFN2O3S. The summed E-state index contributed by atoms with van der Waals surface area (Å²) in [6.45, 7) is 0. The molecule has 0 saturated heterocycles. The second-order valence-corrected chi connectivity index (χ2v) is 8.60. The van der Waals surface area contributed by atoms with Crippen molar-refractivity contribution in [1.29, 1.82) is 0 Å². The third-order valence-electron chi connectivity index (χ3n) is 6.15. The predicted octanol–water partition coefficient (Wildman–Crippen LogP) is 5.55. The molecule has 1 fully saturated rings. The van der Waals surface area contributed by atoms with Gasteiger partial charge in [0.25, 0.3) is 0 Å². The van der Waals surface area contributed by atoms with Crippen molar-refractivity contribution in [2.24, 2.45) is 5.92 Å². The van der Waals surface area contributed by atoms with Crippen molar-refractivity contribution in [1.82, 2.24) is 4.98 Å². The second kappa shape index (κ2) is 10.3. The molecule has 1 heterocycles. The molecule has 32 heavy (non-hydrogen) atoms. The average molecular weight is 477 g/mol. The van der Waals surface area contributed by atoms with Gasteiger partial charge in [-0.05, 0) is 54.3 Å². The first kappa shape index (κ1) is 24.0. The maximum absolute atomic E-state index is 13.6. The zero-order valence-corrected chi connectivity index (χ0v) is 19.8. The summed E-state index contributed by atoms with van der Waals surface area (Å²) in [5.74, 6) is -0.153. The van der Waals surface area contributed by atoms with Crippen LogP contribution in [0.5, 0.6) is 5.75 Å². The lowest BCUT2D eigenvalue weighted by Gasteiger charge is -2.34. The minimum Gasteiger partial charge on any atom is -0.495 e. The molecule has 3 unspecified atom stereocenters. The van der Waals surface area contributed by atoms with Crippen molar-refractivity contribution in [3.05, 3.63) is 65.6 Å². The van der Waals surface area contributed by atoms with Crippen LogP contribution < -0.4 is 9.64 Å². The van der Waals surface area contributed by atoms with Crippen molar-refractivity contribution >= 4 is 35.4 Å². The number of hydrogen-bond donors (Lipinski definition) is 0. The minimum atomic E-state index is -0.291. The Morgan fingerprint density at radius 3 is 2.53 bits per heavy atom. The van der Waals surface area contributed by atoms with Gasteiger partial charge in [0.1, 0.15) is 11.6 Å². The van der Waals surface area contributed by atoms with E-state index >= 15 is 0 Å². The predicted molar refractivity (Wildman–Crippen MR) is 127 cm³/mol. The largest absolute Gasteiger partial charge is 0.495 e. The molecule has 1 aliphatic carbocycles. The van der Waals surface area contributed by atoms with Gasteiger partial charge < -0.3 is 14.4 Å². The summed E-state index contributed by atoms with van der Waals surface area (Å²) >= 11 is 1.58. The molecule has 170 valence electrons. The zero-order valence-electron chi connectivity index (χ0n) is 18.2. The van der Waals surface area contributed by atoms with Crippen LogP contribution in [0, 0.1) is 11.7 Å². The van der Waals surface area contributed by atoms with Crippen molar-refractivity contribution in [3.8, 4) is 16.2 Å². The number of methoxy groups -OCH3 is 2. The van der Waals surface area contributed by atoms with Crippen LogP contribution >= 0.6 is 23.7 Å². The molecule has 1 aliphatic rings. The highest BCUT2D eigenvalue weighted by atomic mass is 35.5. The molecule has 8 heteroatoms. The zero-order chi connectivity index (χ0) is 22.0. The highest BCUT2D eigenvalue weighted by molar-refractivity contribution is 7.13. The van der Waals surface area contributed by atoms with Crippen LogP contribution in [0.1, 0.15) is 24.3 Å². The molecule has 5 nitrogen and oxygen atoms in total. The third-order valence-corrected chi connectivity index (χ3v) is 6.98. The van der Waals surface area contributed by atoms with E-state index in [9.17, 15) is 9.18 Å². The van der Waals surface area contributed by atoms with Gasteiger partial charge >= 0.3 is 5.97 Å². The summed E-state index contributed by atoms with van der Waals surface area (Å²) in [5.41, 5.74) is 4.75. The fourth-order valence-electron chi connectivity index (χ4n) is 4.62. The molecule has 0 radical (unpaired) electrons. The summed E-state index contributed by atoms with van der Waals surface area (Å²) < 4.78 is 24.3. The number of carbonyl (C=O) groups excluding carboxylic acids is 1. The molecule has 0 aliphatic heterocycles. The average Bonchev–Trinajstić information content (AvgIpc) is 3.48. The molecular weight excluding hydrogens is 451 g/mol. The van der Waals surface area contributed by atoms with E-state index in [1.54, 1.807) is 30.6 Å². The van der Waals surface area contributed by atoms with Crippen LogP contribution in [0.25, 0.3) is 10.4 Å². The highest BCUT2D eigenvalue weighted by Gasteiger charge is 2.44. The first-order chi connectivity index (χ1) is 15.0. The number of ether oxygens (including phenoxy) is 2. The van der Waals surface area contributed by atoms with Crippen molar-refractivity contribution in [3.63, 3.8) is 0 Å². The van der Waals surface area contributed by atoms with Gasteiger partial charge in [0.15, 0.2) is 0 Å². The van der Waals surface area contributed by atoms with Gasteiger partial charge in [-0.2, -0.15) is 0 Å². The maximum atomic E-state index is 13.6. The fraction of sp³-hybridized carbons (Fsp3) is 0.333. The Morgan fingerprint density at radius 1 is 1.16 bits per heavy atom. The first-order valence-electron chi connectivity index (χ1n) is 10.2. The normalized spacial score (nSPS) is 19.8. The monoisotopic (exact) mass is 476 g/mol. The number of esters is 1. The lowest BCUT2D eigenvalue weighted by molar-refractivity contribution is -0.145. The number of anilines is 1. The summed E-state index contributed by atoms with van der Waals surface area (Å²) in [7, 11) is 5.10. The van der Waals surface area contributed by atoms with Gasteiger partial charge in [-0.25, -0.2) is 4.39 Å². The van der Waals surface area contributed by atoms with E-state index in [-0.39, 0.29) is 42.1 Å². The Bertz CT molecular complexity index is 1050. The molecule has 3 aromatic rings. The quantitative estimate of drug-likeness (QED) is 0.436. The molecule has 2 aromatic carbocycles. The number of aromatic nitrogens is 1. The number of thiazole rings is 1. The summed E-state index contributed by atoms with van der Waals surface area (Å²) in [5, 5.41) is 0. The Morgan fingerprint density at radius 2 is 1.91 bits per heavy atom. The van der Waals surface area contributed by atoms with Crippen molar-refractivity contribution in [2.45, 2.75) is 24.8 Å². The molecule has 1 aromatic heterocycles. The number of carbonyl (C=O) groups is 1. The van der Waals surface area contributed by atoms with Crippen LogP contribution in [0.15, 0.2) is 54.2 Å². The summed E-state index contributed by atoms with van der Waals surface area (Å²) in [4.78, 5) is 20.0. The van der Waals surface area contributed by atoms with Crippen LogP contribution in [0.3, 0.4) is 0 Å². The molecule has 3 atom stereocenters. The Labute approximate surface area is 197 Å². The molecule has 0 bridgehead atoms. The van der Waals surface area contributed by atoms with Gasteiger partial charge in [0.05, 0.1) is 36.2 Å². The van der Waals surface area contributed by atoms with Gasteiger partial charge in [-0.1, -0.05) is 12.1 Å². The number of likely N-dealkylation sites (N-methyl/N-ethyl adjacent to an activating group) is 1. The van der Waals surface area contributed by atoms with E-state index in [2.05, 4.69) is 16.0 Å². The van der Waals surface area contributed by atoms with Gasteiger partial charge in [0.2, 0.25) is 0 Å². The Hall–Kier alpha value is -2.64. The summed E-state index contributed by atoms with van der Waals surface area (Å²) in [6, 6.07) is 12.5. The van der Waals surface area contributed by atoms with Gasteiger partial charge in [-0.15, -0.1) is 23.7 Å². The minimum absolute atomic E-state index is 0. The maximum Gasteiger partial charge on any atom is 0.309 e. The van der Waals surface area contributed by atoms with E-state index in [0.29, 0.717) is 6.42 Å². The van der Waals surface area contributed by atoms with E-state index in [4.69, 9.17) is 9.47 Å². The van der Waals surface area contributed by atoms with Gasteiger partial charge in [-0.3, -0.25) is 9.78 Å². The smallest absolute Gasteiger partial charge is 0.309 e. The Kier molecular flexibility index (Phi) is 7.74. The molecule has 1 saturated carbocycles. The van der Waals surface area contributed by atoms with Crippen LogP contribution in [0.2, 0.25) is 0 Å². The number of rotatable bonds is 6. The van der Waals surface area contributed by atoms with Crippen LogP contribution in [-0.4, -0.2) is 38.3 Å². The molecule has 4 rings (SSSR count). The standard InChI is InChI=1S/C24H25FN2O3S.ClH/c1-27(20-12-16(6-11-21(20)29-2)22-13-26-14-31-22)19-10-9-18(24(28)30-3)23(19)15-4-7-17(25)8-5-15;/h4-8,11-14,18-19,23H,9-10H2,1-3H3;1H. The number of nitrogens with zero attached hydrogens (tertiary/aromatic N) is 2. The second-order valence-electron chi connectivity index (χ2n) is 7.71. The van der Waals surface area contributed by atoms with Crippen molar-refractivity contribution < 1.29 is 18.7 Å². The van der Waals surface area contributed by atoms with E-state index in [0.717, 1.165) is 33.9 Å². The van der Waals surface area contributed by atoms with Crippen LogP contribution in [-0.2, 0) is 9.53 Å². The van der Waals surface area contributed by atoms with Crippen LogP contribution in [0.4, 0.5) is 10.1 Å². The lowest BCUT2D eigenvalue weighted by Crippen LogP contribution is -2.36. The number of halogens is 2. The Balaban J connectivity index is 0.00000289.